The summed E-state index contributed by atoms with van der Waals surface area (Å²) >= 11 is 7.07. The SMILES string of the molecule is Cc1csc(=O)n1CC(=O)Nc1ccnn1Cc1cccc(Cl)c1. The number of aromatic nitrogens is 3. The number of aryl methyl sites for hydroxylation is 1. The van der Waals surface area contributed by atoms with Crippen LogP contribution < -0.4 is 10.2 Å². The fraction of sp³-hybridized carbons (Fsp3) is 0.188. The molecule has 8 heteroatoms. The van der Waals surface area contributed by atoms with Gasteiger partial charge in [0.25, 0.3) is 0 Å². The molecule has 124 valence electrons. The first kappa shape index (κ1) is 16.5. The summed E-state index contributed by atoms with van der Waals surface area (Å²) in [4.78, 5) is 23.8. The molecule has 0 saturated carbocycles. The summed E-state index contributed by atoms with van der Waals surface area (Å²) in [6.45, 7) is 2.27. The van der Waals surface area contributed by atoms with Crippen LogP contribution in [0.1, 0.15) is 11.3 Å². The molecule has 0 atom stereocenters. The molecule has 1 amide bonds. The van der Waals surface area contributed by atoms with Gasteiger partial charge in [-0.25, -0.2) is 4.68 Å². The normalized spacial score (nSPS) is 10.8. The fourth-order valence-electron chi connectivity index (χ4n) is 2.30. The van der Waals surface area contributed by atoms with Gasteiger partial charge in [-0.05, 0) is 24.6 Å². The molecule has 0 spiro atoms. The zero-order valence-corrected chi connectivity index (χ0v) is 14.5. The summed E-state index contributed by atoms with van der Waals surface area (Å²) in [5.41, 5.74) is 1.75. The number of carbonyl (C=O) groups excluding carboxylic acids is 1. The Kier molecular flexibility index (Phi) is 4.82. The number of nitrogens with zero attached hydrogens (tertiary/aromatic N) is 3. The highest BCUT2D eigenvalue weighted by Gasteiger charge is 2.11. The monoisotopic (exact) mass is 362 g/mol. The number of benzene rings is 1. The van der Waals surface area contributed by atoms with Crippen LogP contribution in [-0.4, -0.2) is 20.3 Å². The molecule has 0 aliphatic rings. The van der Waals surface area contributed by atoms with Crippen molar-refractivity contribution in [3.63, 3.8) is 0 Å². The summed E-state index contributed by atoms with van der Waals surface area (Å²) in [6.07, 6.45) is 1.61. The molecule has 2 heterocycles. The third-order valence-corrected chi connectivity index (χ3v) is 4.60. The maximum absolute atomic E-state index is 12.2. The summed E-state index contributed by atoms with van der Waals surface area (Å²) in [5, 5.41) is 9.40. The Bertz CT molecular complexity index is 928. The van der Waals surface area contributed by atoms with E-state index < -0.39 is 0 Å². The molecule has 24 heavy (non-hydrogen) atoms. The minimum Gasteiger partial charge on any atom is -0.309 e. The average Bonchev–Trinajstić information content (AvgIpc) is 3.09. The molecule has 6 nitrogen and oxygen atoms in total. The van der Waals surface area contributed by atoms with Crippen molar-refractivity contribution < 1.29 is 4.79 Å². The van der Waals surface area contributed by atoms with E-state index in [-0.39, 0.29) is 17.3 Å². The Hall–Kier alpha value is -2.38. The molecule has 1 aromatic carbocycles. The van der Waals surface area contributed by atoms with Gasteiger partial charge in [0.2, 0.25) is 5.91 Å². The standard InChI is InChI=1S/C16H15ClN4O2S/c1-11-10-24-16(23)20(11)9-15(22)19-14-5-6-18-21(14)8-12-3-2-4-13(17)7-12/h2-7,10H,8-9H2,1H3,(H,19,22). The van der Waals surface area contributed by atoms with Gasteiger partial charge in [-0.3, -0.25) is 14.2 Å². The Morgan fingerprint density at radius 1 is 1.38 bits per heavy atom. The summed E-state index contributed by atoms with van der Waals surface area (Å²) < 4.78 is 3.12. The molecular weight excluding hydrogens is 348 g/mol. The maximum atomic E-state index is 12.2. The highest BCUT2D eigenvalue weighted by atomic mass is 35.5. The van der Waals surface area contributed by atoms with Crippen LogP contribution in [0, 0.1) is 6.92 Å². The number of hydrogen-bond acceptors (Lipinski definition) is 4. The van der Waals surface area contributed by atoms with Crippen molar-refractivity contribution in [3.05, 3.63) is 67.9 Å². The molecular formula is C16H15ClN4O2S. The summed E-state index contributed by atoms with van der Waals surface area (Å²) in [5.74, 6) is 0.298. The second-order valence-corrected chi connectivity index (χ2v) is 6.54. The van der Waals surface area contributed by atoms with Crippen LogP contribution in [0.15, 0.2) is 46.7 Å². The smallest absolute Gasteiger partial charge is 0.307 e. The van der Waals surface area contributed by atoms with E-state index in [9.17, 15) is 9.59 Å². The number of hydrogen-bond donors (Lipinski definition) is 1. The molecule has 3 aromatic rings. The van der Waals surface area contributed by atoms with Crippen LogP contribution in [0.25, 0.3) is 0 Å². The molecule has 0 saturated heterocycles. The molecule has 0 unspecified atom stereocenters. The van der Waals surface area contributed by atoms with Crippen molar-refractivity contribution >= 4 is 34.7 Å². The van der Waals surface area contributed by atoms with Crippen LogP contribution in [0.2, 0.25) is 5.02 Å². The second kappa shape index (κ2) is 7.02. The van der Waals surface area contributed by atoms with Gasteiger partial charge in [-0.2, -0.15) is 5.10 Å². The Morgan fingerprint density at radius 2 is 2.21 bits per heavy atom. The number of halogens is 1. The molecule has 1 N–H and O–H groups in total. The van der Waals surface area contributed by atoms with Crippen LogP contribution in [0.5, 0.6) is 0 Å². The molecule has 0 radical (unpaired) electrons. The first-order valence-corrected chi connectivity index (χ1v) is 8.50. The predicted molar refractivity (Wildman–Crippen MR) is 94.7 cm³/mol. The predicted octanol–water partition coefficient (Wildman–Crippen LogP) is 2.76. The van der Waals surface area contributed by atoms with E-state index in [1.54, 1.807) is 35.3 Å². The van der Waals surface area contributed by atoms with Crippen molar-refractivity contribution in [3.8, 4) is 0 Å². The quantitative estimate of drug-likeness (QED) is 0.758. The lowest BCUT2D eigenvalue weighted by Gasteiger charge is -2.10. The number of thiazole rings is 1. The number of carbonyl (C=O) groups is 1. The molecule has 2 aromatic heterocycles. The second-order valence-electron chi connectivity index (χ2n) is 5.28. The van der Waals surface area contributed by atoms with Gasteiger partial charge in [0.15, 0.2) is 0 Å². The largest absolute Gasteiger partial charge is 0.309 e. The number of amides is 1. The first-order chi connectivity index (χ1) is 11.5. The zero-order chi connectivity index (χ0) is 17.1. The minimum atomic E-state index is -0.272. The fourth-order valence-corrected chi connectivity index (χ4v) is 3.24. The molecule has 0 fully saturated rings. The highest BCUT2D eigenvalue weighted by molar-refractivity contribution is 7.07. The third-order valence-electron chi connectivity index (χ3n) is 3.48. The van der Waals surface area contributed by atoms with Gasteiger partial charge < -0.3 is 5.32 Å². The van der Waals surface area contributed by atoms with Crippen molar-refractivity contribution in [1.82, 2.24) is 14.3 Å². The van der Waals surface area contributed by atoms with Gasteiger partial charge in [-0.1, -0.05) is 35.1 Å². The Labute approximate surface area is 147 Å². The average molecular weight is 363 g/mol. The van der Waals surface area contributed by atoms with Crippen molar-refractivity contribution in [1.29, 1.82) is 0 Å². The molecule has 0 bridgehead atoms. The number of rotatable bonds is 5. The van der Waals surface area contributed by atoms with Crippen LogP contribution in [-0.2, 0) is 17.9 Å². The van der Waals surface area contributed by atoms with E-state index in [2.05, 4.69) is 10.4 Å². The van der Waals surface area contributed by atoms with E-state index >= 15 is 0 Å². The number of nitrogens with one attached hydrogen (secondary N) is 1. The Balaban J connectivity index is 1.71. The lowest BCUT2D eigenvalue weighted by atomic mass is 10.2. The van der Waals surface area contributed by atoms with Gasteiger partial charge in [0.05, 0.1) is 12.7 Å². The van der Waals surface area contributed by atoms with Crippen molar-refractivity contribution in [2.75, 3.05) is 5.32 Å². The highest BCUT2D eigenvalue weighted by Crippen LogP contribution is 2.14. The van der Waals surface area contributed by atoms with Crippen molar-refractivity contribution in [2.45, 2.75) is 20.0 Å². The van der Waals surface area contributed by atoms with E-state index in [0.29, 0.717) is 17.4 Å². The lowest BCUT2D eigenvalue weighted by molar-refractivity contribution is -0.116. The third kappa shape index (κ3) is 3.74. The van der Waals surface area contributed by atoms with Gasteiger partial charge >= 0.3 is 4.87 Å². The molecule has 0 aliphatic heterocycles. The van der Waals surface area contributed by atoms with E-state index in [1.807, 2.05) is 18.2 Å². The van der Waals surface area contributed by atoms with E-state index in [4.69, 9.17) is 11.6 Å². The van der Waals surface area contributed by atoms with Gasteiger partial charge in [0.1, 0.15) is 12.4 Å². The summed E-state index contributed by atoms with van der Waals surface area (Å²) in [6, 6.07) is 9.17. The van der Waals surface area contributed by atoms with Gasteiger partial charge in [-0.15, -0.1) is 0 Å². The first-order valence-electron chi connectivity index (χ1n) is 7.24. The minimum absolute atomic E-state index is 0.0173. The summed E-state index contributed by atoms with van der Waals surface area (Å²) in [7, 11) is 0. The maximum Gasteiger partial charge on any atom is 0.307 e. The van der Waals surface area contributed by atoms with E-state index in [1.165, 1.54) is 4.57 Å². The van der Waals surface area contributed by atoms with Crippen molar-refractivity contribution in [2.24, 2.45) is 0 Å². The van der Waals surface area contributed by atoms with Crippen LogP contribution in [0.3, 0.4) is 0 Å². The van der Waals surface area contributed by atoms with Crippen LogP contribution >= 0.6 is 22.9 Å². The molecule has 3 rings (SSSR count). The lowest BCUT2D eigenvalue weighted by Crippen LogP contribution is -2.26. The topological polar surface area (TPSA) is 68.9 Å². The van der Waals surface area contributed by atoms with E-state index in [0.717, 1.165) is 22.6 Å². The van der Waals surface area contributed by atoms with Crippen LogP contribution in [0.4, 0.5) is 5.82 Å². The number of anilines is 1. The molecule has 0 aliphatic carbocycles. The zero-order valence-electron chi connectivity index (χ0n) is 12.9. The van der Waals surface area contributed by atoms with Gasteiger partial charge in [0, 0.05) is 22.2 Å². The Morgan fingerprint density at radius 3 is 2.92 bits per heavy atom.